The first-order valence-corrected chi connectivity index (χ1v) is 7.69. The minimum absolute atomic E-state index is 0.178. The molecule has 1 aliphatic rings. The fourth-order valence-corrected chi connectivity index (χ4v) is 3.53. The molecule has 2 heterocycles. The summed E-state index contributed by atoms with van der Waals surface area (Å²) in [5, 5.41) is 4.56. The average Bonchev–Trinajstić information content (AvgIpc) is 2.94. The third-order valence-corrected chi connectivity index (χ3v) is 4.54. The molecule has 102 valence electrons. The maximum atomic E-state index is 5.84. The van der Waals surface area contributed by atoms with Gasteiger partial charge in [0.25, 0.3) is 0 Å². The van der Waals surface area contributed by atoms with Crippen LogP contribution in [-0.2, 0) is 0 Å². The van der Waals surface area contributed by atoms with Crippen LogP contribution in [0, 0.1) is 5.41 Å². The summed E-state index contributed by atoms with van der Waals surface area (Å²) in [6.45, 7) is 7.19. The van der Waals surface area contributed by atoms with Gasteiger partial charge in [-0.2, -0.15) is 16.7 Å². The van der Waals surface area contributed by atoms with Crippen molar-refractivity contribution in [1.82, 2.24) is 10.1 Å². The van der Waals surface area contributed by atoms with E-state index in [2.05, 4.69) is 30.9 Å². The van der Waals surface area contributed by atoms with Crippen LogP contribution < -0.4 is 5.73 Å². The third kappa shape index (κ3) is 3.48. The molecule has 1 aromatic rings. The lowest BCUT2D eigenvalue weighted by molar-refractivity contribution is 0.286. The van der Waals surface area contributed by atoms with Crippen molar-refractivity contribution in [2.45, 2.75) is 51.2 Å². The van der Waals surface area contributed by atoms with Gasteiger partial charge in [0, 0.05) is 6.54 Å². The quantitative estimate of drug-likeness (QED) is 0.909. The molecule has 5 heteroatoms. The van der Waals surface area contributed by atoms with E-state index in [4.69, 9.17) is 10.3 Å². The van der Waals surface area contributed by atoms with Crippen LogP contribution >= 0.6 is 11.8 Å². The monoisotopic (exact) mass is 269 g/mol. The highest BCUT2D eigenvalue weighted by molar-refractivity contribution is 7.99. The van der Waals surface area contributed by atoms with E-state index in [1.165, 1.54) is 12.2 Å². The van der Waals surface area contributed by atoms with E-state index in [-0.39, 0.29) is 11.3 Å². The number of thioether (sulfide) groups is 1. The molecule has 1 aliphatic heterocycles. The molecular formula is C13H23N3OS. The van der Waals surface area contributed by atoms with Crippen molar-refractivity contribution >= 4 is 11.8 Å². The van der Waals surface area contributed by atoms with E-state index >= 15 is 0 Å². The molecule has 1 fully saturated rings. The Kier molecular flexibility index (Phi) is 4.33. The van der Waals surface area contributed by atoms with Gasteiger partial charge in [0.05, 0.1) is 11.2 Å². The van der Waals surface area contributed by atoms with Crippen LogP contribution in [0.3, 0.4) is 0 Å². The Morgan fingerprint density at radius 2 is 2.28 bits per heavy atom. The summed E-state index contributed by atoms with van der Waals surface area (Å²) in [4.78, 5) is 4.57. The van der Waals surface area contributed by atoms with Crippen LogP contribution in [0.25, 0.3) is 0 Å². The molecule has 0 spiro atoms. The molecule has 0 amide bonds. The molecule has 18 heavy (non-hydrogen) atoms. The van der Waals surface area contributed by atoms with Crippen LogP contribution in [0.4, 0.5) is 0 Å². The first-order valence-electron chi connectivity index (χ1n) is 6.65. The molecule has 1 saturated heterocycles. The van der Waals surface area contributed by atoms with E-state index in [0.29, 0.717) is 11.8 Å². The number of hydrogen-bond acceptors (Lipinski definition) is 5. The molecule has 2 atom stereocenters. The first-order chi connectivity index (χ1) is 8.49. The topological polar surface area (TPSA) is 64.9 Å². The smallest absolute Gasteiger partial charge is 0.231 e. The Hall–Kier alpha value is -0.550. The predicted molar refractivity (Wildman–Crippen MR) is 74.6 cm³/mol. The van der Waals surface area contributed by atoms with Crippen LogP contribution in [0.2, 0.25) is 0 Å². The maximum Gasteiger partial charge on any atom is 0.231 e. The Balaban J connectivity index is 2.07. The largest absolute Gasteiger partial charge is 0.339 e. The van der Waals surface area contributed by atoms with Crippen molar-refractivity contribution in [1.29, 1.82) is 0 Å². The first kappa shape index (κ1) is 13.9. The maximum absolute atomic E-state index is 5.84. The summed E-state index contributed by atoms with van der Waals surface area (Å²) in [6.07, 6.45) is 3.39. The normalized spacial score (nSPS) is 22.3. The van der Waals surface area contributed by atoms with Crippen molar-refractivity contribution in [3.8, 4) is 0 Å². The number of nitrogens with zero attached hydrogens (tertiary/aromatic N) is 2. The van der Waals surface area contributed by atoms with Gasteiger partial charge in [0.1, 0.15) is 0 Å². The average molecular weight is 269 g/mol. The summed E-state index contributed by atoms with van der Waals surface area (Å²) >= 11 is 1.93. The Labute approximate surface area is 113 Å². The van der Waals surface area contributed by atoms with E-state index in [1.807, 2.05) is 11.8 Å². The van der Waals surface area contributed by atoms with Gasteiger partial charge in [0.15, 0.2) is 5.82 Å². The molecule has 0 aromatic carbocycles. The van der Waals surface area contributed by atoms with Gasteiger partial charge >= 0.3 is 0 Å². The lowest BCUT2D eigenvalue weighted by Crippen LogP contribution is -2.19. The van der Waals surface area contributed by atoms with Crippen LogP contribution in [-0.4, -0.2) is 22.4 Å². The van der Waals surface area contributed by atoms with Gasteiger partial charge in [-0.3, -0.25) is 0 Å². The van der Waals surface area contributed by atoms with E-state index in [9.17, 15) is 0 Å². The van der Waals surface area contributed by atoms with Crippen LogP contribution in [0.1, 0.15) is 62.9 Å². The van der Waals surface area contributed by atoms with Crippen LogP contribution in [0.5, 0.6) is 0 Å². The second-order valence-corrected chi connectivity index (χ2v) is 7.50. The number of nitrogens with two attached hydrogens (primary N) is 1. The predicted octanol–water partition coefficient (Wildman–Crippen LogP) is 3.12. The van der Waals surface area contributed by atoms with Crippen molar-refractivity contribution in [2.75, 3.05) is 12.3 Å². The van der Waals surface area contributed by atoms with Crippen LogP contribution in [0.15, 0.2) is 4.52 Å². The highest BCUT2D eigenvalue weighted by Crippen LogP contribution is 2.39. The highest BCUT2D eigenvalue weighted by Gasteiger charge is 2.27. The van der Waals surface area contributed by atoms with Gasteiger partial charge in [0.2, 0.25) is 5.89 Å². The number of rotatable bonds is 4. The van der Waals surface area contributed by atoms with Gasteiger partial charge < -0.3 is 10.3 Å². The number of aromatic nitrogens is 2. The molecule has 2 N–H and O–H groups in total. The fraction of sp³-hybridized carbons (Fsp3) is 0.846. The van der Waals surface area contributed by atoms with Crippen molar-refractivity contribution in [3.05, 3.63) is 11.7 Å². The lowest BCUT2D eigenvalue weighted by Gasteiger charge is -2.22. The summed E-state index contributed by atoms with van der Waals surface area (Å²) < 4.78 is 5.42. The van der Waals surface area contributed by atoms with Gasteiger partial charge in [-0.15, -0.1) is 0 Å². The summed E-state index contributed by atoms with van der Waals surface area (Å²) in [5.41, 5.74) is 6.06. The van der Waals surface area contributed by atoms with Gasteiger partial charge in [-0.1, -0.05) is 25.9 Å². The van der Waals surface area contributed by atoms with E-state index < -0.39 is 0 Å². The number of hydrogen-bond donors (Lipinski definition) is 1. The zero-order valence-electron chi connectivity index (χ0n) is 11.5. The van der Waals surface area contributed by atoms with Crippen molar-refractivity contribution in [2.24, 2.45) is 11.1 Å². The fourth-order valence-electron chi connectivity index (χ4n) is 2.34. The van der Waals surface area contributed by atoms with Crippen molar-refractivity contribution in [3.63, 3.8) is 0 Å². The summed E-state index contributed by atoms with van der Waals surface area (Å²) in [6, 6.07) is 0. The zero-order chi connectivity index (χ0) is 13.2. The summed E-state index contributed by atoms with van der Waals surface area (Å²) in [7, 11) is 0. The Bertz CT molecular complexity index is 380. The Morgan fingerprint density at radius 3 is 2.83 bits per heavy atom. The lowest BCUT2D eigenvalue weighted by atomic mass is 9.84. The molecule has 0 saturated carbocycles. The second-order valence-electron chi connectivity index (χ2n) is 6.19. The summed E-state index contributed by atoms with van der Waals surface area (Å²) in [5.74, 6) is 2.96. The third-order valence-electron chi connectivity index (χ3n) is 3.17. The van der Waals surface area contributed by atoms with Gasteiger partial charge in [-0.25, -0.2) is 0 Å². The molecule has 2 rings (SSSR count). The standard InChI is InChI=1S/C13H23N3OS/c1-13(2,3)7-9(8-14)12-15-11(16-17-12)10-5-4-6-18-10/h9-10H,4-8,14H2,1-3H3. The van der Waals surface area contributed by atoms with E-state index in [0.717, 1.165) is 24.6 Å². The molecule has 4 nitrogen and oxygen atoms in total. The van der Waals surface area contributed by atoms with Crippen molar-refractivity contribution < 1.29 is 4.52 Å². The Morgan fingerprint density at radius 1 is 1.50 bits per heavy atom. The minimum atomic E-state index is 0.178. The van der Waals surface area contributed by atoms with Gasteiger partial charge in [-0.05, 0) is 30.4 Å². The molecular weight excluding hydrogens is 246 g/mol. The zero-order valence-corrected chi connectivity index (χ0v) is 12.3. The molecule has 0 bridgehead atoms. The second kappa shape index (κ2) is 5.61. The molecule has 2 unspecified atom stereocenters. The molecule has 0 radical (unpaired) electrons. The van der Waals surface area contributed by atoms with E-state index in [1.54, 1.807) is 0 Å². The molecule has 0 aliphatic carbocycles. The molecule has 1 aromatic heterocycles. The minimum Gasteiger partial charge on any atom is -0.339 e. The highest BCUT2D eigenvalue weighted by atomic mass is 32.2. The SMILES string of the molecule is CC(C)(C)CC(CN)c1nc(C2CCCS2)no1.